The summed E-state index contributed by atoms with van der Waals surface area (Å²) in [4.78, 5) is 12.5. The third-order valence-electron chi connectivity index (χ3n) is 2.20. The van der Waals surface area contributed by atoms with Gasteiger partial charge in [-0.1, -0.05) is 11.8 Å². The minimum absolute atomic E-state index is 0.0185. The van der Waals surface area contributed by atoms with Crippen LogP contribution in [0, 0.1) is 0 Å². The molecule has 0 atom stereocenters. The van der Waals surface area contributed by atoms with Gasteiger partial charge in [0.2, 0.25) is 0 Å². The summed E-state index contributed by atoms with van der Waals surface area (Å²) in [5.41, 5.74) is 0.272. The Labute approximate surface area is 103 Å². The van der Waals surface area contributed by atoms with Gasteiger partial charge in [-0.3, -0.25) is 4.79 Å². The maximum atomic E-state index is 10.7. The molecule has 4 heteroatoms. The Kier molecular flexibility index (Phi) is 3.35. The monoisotopic (exact) mass is 246 g/mol. The van der Waals surface area contributed by atoms with Crippen LogP contribution < -0.4 is 0 Å². The average molecular weight is 246 g/mol. The zero-order chi connectivity index (χ0) is 12.3. The molecule has 0 fully saturated rings. The van der Waals surface area contributed by atoms with Crippen LogP contribution in [0.15, 0.2) is 52.3 Å². The summed E-state index contributed by atoms with van der Waals surface area (Å²) < 4.78 is 0. The van der Waals surface area contributed by atoms with E-state index in [1.54, 1.807) is 36.4 Å². The van der Waals surface area contributed by atoms with Gasteiger partial charge >= 0.3 is 0 Å². The molecule has 0 bridgehead atoms. The molecular weight excluding hydrogens is 236 g/mol. The Bertz CT molecular complexity index is 535. The van der Waals surface area contributed by atoms with E-state index in [0.717, 1.165) is 9.79 Å². The fourth-order valence-corrected chi connectivity index (χ4v) is 2.21. The van der Waals surface area contributed by atoms with Gasteiger partial charge in [-0.25, -0.2) is 0 Å². The van der Waals surface area contributed by atoms with Crippen molar-refractivity contribution in [1.82, 2.24) is 0 Å². The number of aromatic hydroxyl groups is 2. The van der Waals surface area contributed by atoms with Crippen LogP contribution in [0.2, 0.25) is 0 Å². The van der Waals surface area contributed by atoms with E-state index in [1.807, 2.05) is 0 Å². The molecule has 2 aromatic rings. The summed E-state index contributed by atoms with van der Waals surface area (Å²) in [7, 11) is 0. The number of phenols is 2. The predicted octanol–water partition coefficient (Wildman–Crippen LogP) is 3.06. The van der Waals surface area contributed by atoms with E-state index in [-0.39, 0.29) is 17.1 Å². The van der Waals surface area contributed by atoms with Crippen molar-refractivity contribution in [3.8, 4) is 11.5 Å². The first-order chi connectivity index (χ1) is 8.19. The van der Waals surface area contributed by atoms with Gasteiger partial charge in [0, 0.05) is 9.79 Å². The molecule has 0 aliphatic heterocycles. The van der Waals surface area contributed by atoms with Crippen LogP contribution in [-0.2, 0) is 0 Å². The van der Waals surface area contributed by atoms with Crippen molar-refractivity contribution in [1.29, 1.82) is 0 Å². The third-order valence-corrected chi connectivity index (χ3v) is 3.20. The lowest BCUT2D eigenvalue weighted by atomic mass is 10.2. The Morgan fingerprint density at radius 1 is 0.941 bits per heavy atom. The smallest absolute Gasteiger partial charge is 0.153 e. The van der Waals surface area contributed by atoms with Gasteiger partial charge in [0.05, 0.1) is 5.56 Å². The van der Waals surface area contributed by atoms with Crippen LogP contribution >= 0.6 is 11.8 Å². The van der Waals surface area contributed by atoms with E-state index < -0.39 is 0 Å². The average Bonchev–Trinajstić information content (AvgIpc) is 2.34. The number of benzene rings is 2. The highest BCUT2D eigenvalue weighted by Crippen LogP contribution is 2.31. The van der Waals surface area contributed by atoms with Gasteiger partial charge in [-0.2, -0.15) is 0 Å². The van der Waals surface area contributed by atoms with Crippen molar-refractivity contribution in [2.24, 2.45) is 0 Å². The molecule has 0 unspecified atom stereocenters. The first-order valence-electron chi connectivity index (χ1n) is 4.94. The van der Waals surface area contributed by atoms with Crippen LogP contribution in [0.3, 0.4) is 0 Å². The predicted molar refractivity (Wildman–Crippen MR) is 65.7 cm³/mol. The van der Waals surface area contributed by atoms with Gasteiger partial charge < -0.3 is 10.2 Å². The number of hydrogen-bond acceptors (Lipinski definition) is 4. The Balaban J connectivity index is 2.24. The second-order valence-electron chi connectivity index (χ2n) is 3.43. The number of carbonyl (C=O) groups is 1. The molecular formula is C13H10O3S. The summed E-state index contributed by atoms with van der Waals surface area (Å²) in [6, 6.07) is 11.6. The standard InChI is InChI=1S/C13H10O3S/c14-8-9-7-12(5-6-13(9)16)17-11-3-1-10(15)2-4-11/h1-8,15-16H. The second-order valence-corrected chi connectivity index (χ2v) is 4.58. The fourth-order valence-electron chi connectivity index (χ4n) is 1.34. The van der Waals surface area contributed by atoms with Gasteiger partial charge in [-0.05, 0) is 42.5 Å². The summed E-state index contributed by atoms with van der Waals surface area (Å²) >= 11 is 1.45. The van der Waals surface area contributed by atoms with Crippen LogP contribution in [0.1, 0.15) is 10.4 Å². The van der Waals surface area contributed by atoms with Crippen molar-refractivity contribution in [2.75, 3.05) is 0 Å². The summed E-state index contributed by atoms with van der Waals surface area (Å²) in [5, 5.41) is 18.5. The topological polar surface area (TPSA) is 57.5 Å². The maximum absolute atomic E-state index is 10.7. The molecule has 0 aromatic heterocycles. The lowest BCUT2D eigenvalue weighted by Gasteiger charge is -2.03. The molecule has 2 N–H and O–H groups in total. The van der Waals surface area contributed by atoms with Gasteiger partial charge in [-0.15, -0.1) is 0 Å². The number of carbonyl (C=O) groups excluding carboxylic acids is 1. The zero-order valence-electron chi connectivity index (χ0n) is 8.83. The van der Waals surface area contributed by atoms with Crippen molar-refractivity contribution in [2.45, 2.75) is 9.79 Å². The number of aldehydes is 1. The normalized spacial score (nSPS) is 10.1. The van der Waals surface area contributed by atoms with Crippen molar-refractivity contribution >= 4 is 18.0 Å². The van der Waals surface area contributed by atoms with E-state index in [1.165, 1.54) is 17.8 Å². The molecule has 0 spiro atoms. The first-order valence-corrected chi connectivity index (χ1v) is 5.76. The quantitative estimate of drug-likeness (QED) is 0.817. The van der Waals surface area contributed by atoms with E-state index in [0.29, 0.717) is 6.29 Å². The molecule has 86 valence electrons. The van der Waals surface area contributed by atoms with Crippen molar-refractivity contribution in [3.05, 3.63) is 48.0 Å². The molecule has 3 nitrogen and oxygen atoms in total. The van der Waals surface area contributed by atoms with Crippen molar-refractivity contribution in [3.63, 3.8) is 0 Å². The molecule has 0 saturated carbocycles. The Hall–Kier alpha value is -1.94. The van der Waals surface area contributed by atoms with E-state index in [9.17, 15) is 9.90 Å². The molecule has 2 rings (SSSR count). The maximum Gasteiger partial charge on any atom is 0.153 e. The largest absolute Gasteiger partial charge is 0.508 e. The van der Waals surface area contributed by atoms with Crippen LogP contribution in [0.25, 0.3) is 0 Å². The van der Waals surface area contributed by atoms with E-state index in [4.69, 9.17) is 5.11 Å². The molecule has 0 aliphatic rings. The minimum atomic E-state index is -0.0185. The molecule has 17 heavy (non-hydrogen) atoms. The molecule has 0 radical (unpaired) electrons. The van der Waals surface area contributed by atoms with Crippen LogP contribution in [0.4, 0.5) is 0 Å². The highest BCUT2D eigenvalue weighted by Gasteiger charge is 2.03. The van der Waals surface area contributed by atoms with E-state index >= 15 is 0 Å². The molecule has 0 amide bonds. The minimum Gasteiger partial charge on any atom is -0.508 e. The zero-order valence-corrected chi connectivity index (χ0v) is 9.65. The first kappa shape index (κ1) is 11.5. The van der Waals surface area contributed by atoms with Gasteiger partial charge in [0.1, 0.15) is 11.5 Å². The second kappa shape index (κ2) is 4.93. The lowest BCUT2D eigenvalue weighted by molar-refractivity contribution is 0.112. The van der Waals surface area contributed by atoms with Gasteiger partial charge in [0.15, 0.2) is 6.29 Å². The van der Waals surface area contributed by atoms with Crippen molar-refractivity contribution < 1.29 is 15.0 Å². The van der Waals surface area contributed by atoms with Gasteiger partial charge in [0.25, 0.3) is 0 Å². The highest BCUT2D eigenvalue weighted by atomic mass is 32.2. The summed E-state index contributed by atoms with van der Waals surface area (Å²) in [5.74, 6) is 0.198. The summed E-state index contributed by atoms with van der Waals surface area (Å²) in [6.07, 6.45) is 0.621. The van der Waals surface area contributed by atoms with Crippen LogP contribution in [-0.4, -0.2) is 16.5 Å². The van der Waals surface area contributed by atoms with Crippen LogP contribution in [0.5, 0.6) is 11.5 Å². The molecule has 2 aromatic carbocycles. The molecule has 0 saturated heterocycles. The molecule has 0 heterocycles. The number of hydrogen-bond donors (Lipinski definition) is 2. The Morgan fingerprint density at radius 2 is 1.59 bits per heavy atom. The fraction of sp³-hybridized carbons (Fsp3) is 0. The lowest BCUT2D eigenvalue weighted by Crippen LogP contribution is -1.82. The molecule has 0 aliphatic carbocycles. The Morgan fingerprint density at radius 3 is 2.24 bits per heavy atom. The van der Waals surface area contributed by atoms with E-state index in [2.05, 4.69) is 0 Å². The SMILES string of the molecule is O=Cc1cc(Sc2ccc(O)cc2)ccc1O. The number of rotatable bonds is 3. The third kappa shape index (κ3) is 2.79. The number of phenolic OH excluding ortho intramolecular Hbond substituents is 2. The summed E-state index contributed by atoms with van der Waals surface area (Å²) in [6.45, 7) is 0. The highest BCUT2D eigenvalue weighted by molar-refractivity contribution is 7.99.